The fourth-order valence-electron chi connectivity index (χ4n) is 3.97. The maximum Gasteiger partial charge on any atom is 0.483 e. The van der Waals surface area contributed by atoms with Gasteiger partial charge in [0.25, 0.3) is 5.56 Å². The van der Waals surface area contributed by atoms with Crippen LogP contribution < -0.4 is 11.3 Å². The number of hydrogen-bond donors (Lipinski definition) is 9. The fraction of sp³-hybridized carbons (Fsp3) is 0.688. The molecule has 0 aliphatic carbocycles. The van der Waals surface area contributed by atoms with Gasteiger partial charge in [0.1, 0.15) is 36.6 Å². The van der Waals surface area contributed by atoms with Crippen LogP contribution in [0, 0.1) is 0 Å². The Hall–Kier alpha value is -2.56. The minimum Gasteiger partial charge on any atom is -0.388 e. The molecule has 23 nitrogen and oxygen atoms in total. The molecule has 41 heavy (non-hydrogen) atoms. The average molecular weight is 630 g/mol. The monoisotopic (exact) mass is 630 g/mol. The van der Waals surface area contributed by atoms with Crippen molar-refractivity contribution >= 4 is 32.8 Å². The highest BCUT2D eigenvalue weighted by Crippen LogP contribution is 2.61. The van der Waals surface area contributed by atoms with E-state index in [1.54, 1.807) is 0 Å². The molecule has 0 amide bonds. The lowest BCUT2D eigenvalue weighted by molar-refractivity contribution is -0.272. The number of nitrogen functional groups attached to an aromatic ring is 1. The number of rotatable bonds is 10. The van der Waals surface area contributed by atoms with E-state index >= 15 is 0 Å². The van der Waals surface area contributed by atoms with E-state index in [4.69, 9.17) is 20.7 Å². The van der Waals surface area contributed by atoms with Crippen LogP contribution in [0.2, 0.25) is 0 Å². The van der Waals surface area contributed by atoms with E-state index in [-0.39, 0.29) is 17.1 Å². The number of aromatic amines is 1. The first-order chi connectivity index (χ1) is 19.1. The Morgan fingerprint density at radius 1 is 1.07 bits per heavy atom. The molecule has 4 heterocycles. The molecule has 11 atom stereocenters. The van der Waals surface area contributed by atoms with Crippen LogP contribution in [0.5, 0.6) is 0 Å². The maximum absolute atomic E-state index is 12.4. The zero-order valence-electron chi connectivity index (χ0n) is 20.2. The second kappa shape index (κ2) is 12.0. The molecular formula is C16H24N8O15P2. The van der Waals surface area contributed by atoms with Crippen LogP contribution in [0.25, 0.3) is 21.6 Å². The lowest BCUT2D eigenvalue weighted by Gasteiger charge is -2.39. The Kier molecular flexibility index (Phi) is 9.16. The minimum absolute atomic E-state index is 0.120. The first kappa shape index (κ1) is 31.4. The quantitative estimate of drug-likeness (QED) is 0.0536. The maximum atomic E-state index is 12.4. The molecule has 10 N–H and O–H groups in total. The van der Waals surface area contributed by atoms with Crippen LogP contribution in [0.4, 0.5) is 5.95 Å². The topological polar surface area (TPSA) is 360 Å². The van der Waals surface area contributed by atoms with Crippen molar-refractivity contribution in [2.45, 2.75) is 55.2 Å². The van der Waals surface area contributed by atoms with Crippen molar-refractivity contribution in [1.82, 2.24) is 19.5 Å². The second-order valence-electron chi connectivity index (χ2n) is 8.67. The molecule has 2 aromatic heterocycles. The number of fused-ring (bicyclic) bond motifs is 1. The third kappa shape index (κ3) is 6.75. The number of azide groups is 1. The van der Waals surface area contributed by atoms with Gasteiger partial charge >= 0.3 is 15.6 Å². The average Bonchev–Trinajstić information content (AvgIpc) is 3.42. The van der Waals surface area contributed by atoms with Crippen LogP contribution in [0.1, 0.15) is 6.23 Å². The summed E-state index contributed by atoms with van der Waals surface area (Å²) in [6.45, 7) is -1.60. The lowest BCUT2D eigenvalue weighted by Crippen LogP contribution is -2.58. The van der Waals surface area contributed by atoms with E-state index in [0.717, 1.165) is 10.9 Å². The molecule has 0 bridgehead atoms. The standard InChI is InChI=1S/C16H24N8O15P2/c17-16-21-12-6(13(30)22-16)19-3-24(12)14-10(28)8(26)5(36-14)2-35-40(31,32)39-41(33,34)38-15-11(29)9(27)7(25)4(37-15)1-20-23-18/h3-5,7-11,14-15,25-29H,1-2H2,(H,31,32)(H,33,34)(H3,17,21,22,30)/t4?,5-,7+,8?,9?,10+,11?,14-,15-/m1/s1. The summed E-state index contributed by atoms with van der Waals surface area (Å²) in [7, 11) is -11.1. The smallest absolute Gasteiger partial charge is 0.388 e. The van der Waals surface area contributed by atoms with Crippen molar-refractivity contribution in [3.05, 3.63) is 27.1 Å². The summed E-state index contributed by atoms with van der Waals surface area (Å²) in [5.41, 5.74) is 12.9. The van der Waals surface area contributed by atoms with E-state index in [2.05, 4.69) is 38.3 Å². The summed E-state index contributed by atoms with van der Waals surface area (Å²) in [5, 5.41) is 53.7. The number of nitrogens with two attached hydrogens (primary N) is 1. The zero-order chi connectivity index (χ0) is 30.3. The molecule has 0 saturated carbocycles. The number of aliphatic hydroxyl groups excluding tert-OH is 5. The molecule has 4 rings (SSSR count). The van der Waals surface area contributed by atoms with Gasteiger partial charge in [-0.3, -0.25) is 23.4 Å². The van der Waals surface area contributed by atoms with E-state index in [0.29, 0.717) is 0 Å². The van der Waals surface area contributed by atoms with Crippen molar-refractivity contribution in [2.24, 2.45) is 5.11 Å². The predicted molar refractivity (Wildman–Crippen MR) is 127 cm³/mol. The Balaban J connectivity index is 1.39. The first-order valence-corrected chi connectivity index (χ1v) is 14.3. The summed E-state index contributed by atoms with van der Waals surface area (Å²) in [6, 6.07) is 0. The van der Waals surface area contributed by atoms with Crippen molar-refractivity contribution < 1.29 is 67.3 Å². The molecule has 2 aliphatic heterocycles. The Bertz CT molecular complexity index is 1470. The van der Waals surface area contributed by atoms with Crippen LogP contribution in [-0.2, 0) is 32.0 Å². The predicted octanol–water partition coefficient (Wildman–Crippen LogP) is -3.31. The highest BCUT2D eigenvalue weighted by Gasteiger charge is 2.49. The third-order valence-electron chi connectivity index (χ3n) is 5.90. The van der Waals surface area contributed by atoms with Gasteiger partial charge in [-0.1, -0.05) is 5.11 Å². The number of hydrogen-bond acceptors (Lipinski definition) is 17. The van der Waals surface area contributed by atoms with E-state index in [1.807, 2.05) is 0 Å². The van der Waals surface area contributed by atoms with Crippen LogP contribution in [0.15, 0.2) is 16.2 Å². The number of phosphoric ester groups is 2. The van der Waals surface area contributed by atoms with Gasteiger partial charge < -0.3 is 50.5 Å². The largest absolute Gasteiger partial charge is 0.483 e. The number of aromatic nitrogens is 4. The van der Waals surface area contributed by atoms with Crippen LogP contribution >= 0.6 is 15.6 Å². The Morgan fingerprint density at radius 2 is 1.76 bits per heavy atom. The SMILES string of the molecule is [N-]=[N+]=NCC1O[C@H](OP(=O)(O)OP(=O)(O)OC[C@H]2O[C@@H](n3cnc4c(=O)[nH]c(N)nc43)[C@@H](O)C2O)C(O)C(O)[C@H]1O. The van der Waals surface area contributed by atoms with Crippen molar-refractivity contribution in [1.29, 1.82) is 0 Å². The van der Waals surface area contributed by atoms with Gasteiger partial charge in [-0.05, 0) is 5.53 Å². The van der Waals surface area contributed by atoms with E-state index in [9.17, 15) is 49.2 Å². The number of nitrogens with one attached hydrogen (secondary N) is 1. The molecule has 228 valence electrons. The third-order valence-corrected chi connectivity index (χ3v) is 8.50. The summed E-state index contributed by atoms with van der Waals surface area (Å²) >= 11 is 0. The zero-order valence-corrected chi connectivity index (χ0v) is 22.0. The molecule has 2 aliphatic rings. The van der Waals surface area contributed by atoms with Gasteiger partial charge in [-0.25, -0.2) is 14.1 Å². The highest BCUT2D eigenvalue weighted by molar-refractivity contribution is 7.61. The number of aliphatic hydroxyl groups is 5. The molecular weight excluding hydrogens is 606 g/mol. The lowest BCUT2D eigenvalue weighted by atomic mass is 9.99. The molecule has 2 fully saturated rings. The molecule has 2 saturated heterocycles. The summed E-state index contributed by atoms with van der Waals surface area (Å²) < 4.78 is 49.5. The van der Waals surface area contributed by atoms with Gasteiger partial charge in [0, 0.05) is 4.91 Å². The Labute approximate surface area is 226 Å². The van der Waals surface area contributed by atoms with Crippen molar-refractivity contribution in [3.8, 4) is 0 Å². The van der Waals surface area contributed by atoms with Gasteiger partial charge in [0.2, 0.25) is 5.95 Å². The van der Waals surface area contributed by atoms with Crippen molar-refractivity contribution in [2.75, 3.05) is 18.9 Å². The molecule has 25 heteroatoms. The molecule has 0 radical (unpaired) electrons. The van der Waals surface area contributed by atoms with Crippen LogP contribution in [-0.4, -0.2) is 117 Å². The van der Waals surface area contributed by atoms with Gasteiger partial charge in [0.05, 0.1) is 25.6 Å². The Morgan fingerprint density at radius 3 is 2.44 bits per heavy atom. The number of anilines is 1. The molecule has 6 unspecified atom stereocenters. The number of H-pyrrole nitrogens is 1. The summed E-state index contributed by atoms with van der Waals surface area (Å²) in [6.07, 6.45) is -15.1. The van der Waals surface area contributed by atoms with Gasteiger partial charge in [-0.2, -0.15) is 9.29 Å². The number of imidazole rings is 1. The van der Waals surface area contributed by atoms with Crippen LogP contribution in [0.3, 0.4) is 0 Å². The minimum atomic E-state index is -5.63. The summed E-state index contributed by atoms with van der Waals surface area (Å²) in [5.74, 6) is -0.283. The molecule has 2 aromatic rings. The number of ether oxygens (including phenoxy) is 2. The number of phosphoric acid groups is 2. The fourth-order valence-corrected chi connectivity index (χ4v) is 6.13. The van der Waals surface area contributed by atoms with Gasteiger partial charge in [-0.15, -0.1) is 0 Å². The number of nitrogens with zero attached hydrogens (tertiary/aromatic N) is 6. The molecule has 0 spiro atoms. The second-order valence-corrected chi connectivity index (χ2v) is 11.7. The summed E-state index contributed by atoms with van der Waals surface area (Å²) in [4.78, 5) is 44.2. The highest BCUT2D eigenvalue weighted by atomic mass is 31.3. The van der Waals surface area contributed by atoms with E-state index in [1.165, 1.54) is 0 Å². The normalized spacial score (nSPS) is 35.0. The van der Waals surface area contributed by atoms with Gasteiger partial charge in [0.15, 0.2) is 23.7 Å². The van der Waals surface area contributed by atoms with E-state index < -0.39 is 89.6 Å². The molecule has 0 aromatic carbocycles. The van der Waals surface area contributed by atoms with Crippen molar-refractivity contribution in [3.63, 3.8) is 0 Å². The first-order valence-electron chi connectivity index (χ1n) is 11.3.